The van der Waals surface area contributed by atoms with Crippen LogP contribution < -0.4 is 10.1 Å². The third-order valence-electron chi connectivity index (χ3n) is 3.91. The number of nitrogens with zero attached hydrogens (tertiary/aromatic N) is 1. The molecule has 23 heavy (non-hydrogen) atoms. The van der Waals surface area contributed by atoms with Gasteiger partial charge in [0, 0.05) is 36.5 Å². The van der Waals surface area contributed by atoms with Crippen molar-refractivity contribution in [1.82, 2.24) is 10.2 Å². The lowest BCUT2D eigenvalue weighted by Crippen LogP contribution is -2.34. The first-order valence-electron chi connectivity index (χ1n) is 7.96. The van der Waals surface area contributed by atoms with Crippen molar-refractivity contribution >= 4 is 17.2 Å². The van der Waals surface area contributed by atoms with Gasteiger partial charge in [-0.3, -0.25) is 9.69 Å². The van der Waals surface area contributed by atoms with E-state index in [9.17, 15) is 4.79 Å². The molecule has 0 saturated heterocycles. The molecule has 2 heterocycles. The number of carbonyl (C=O) groups is 1. The predicted octanol–water partition coefficient (Wildman–Crippen LogP) is 3.04. The van der Waals surface area contributed by atoms with E-state index in [4.69, 9.17) is 4.74 Å². The number of nitrogens with one attached hydrogen (secondary N) is 1. The lowest BCUT2D eigenvalue weighted by atomic mass is 10.2. The van der Waals surface area contributed by atoms with E-state index in [1.807, 2.05) is 35.7 Å². The summed E-state index contributed by atoms with van der Waals surface area (Å²) in [6.07, 6.45) is 0.646. The Bertz CT molecular complexity index is 642. The molecule has 0 aliphatic carbocycles. The molecule has 1 atom stereocenters. The normalized spacial score (nSPS) is 17.9. The van der Waals surface area contributed by atoms with Crippen molar-refractivity contribution < 1.29 is 9.53 Å². The molecule has 1 N–H and O–H groups in total. The molecule has 4 nitrogen and oxygen atoms in total. The minimum atomic E-state index is 0.101. The molecule has 1 aromatic carbocycles. The maximum Gasteiger partial charge on any atom is 0.221 e. The van der Waals surface area contributed by atoms with Gasteiger partial charge in [0.2, 0.25) is 5.91 Å². The third kappa shape index (κ3) is 4.56. The number of hydrogen-bond acceptors (Lipinski definition) is 4. The molecule has 0 radical (unpaired) electrons. The van der Waals surface area contributed by atoms with Crippen LogP contribution in [0.4, 0.5) is 0 Å². The van der Waals surface area contributed by atoms with Gasteiger partial charge in [0.05, 0.1) is 6.54 Å². The highest BCUT2D eigenvalue weighted by molar-refractivity contribution is 7.09. The summed E-state index contributed by atoms with van der Waals surface area (Å²) < 4.78 is 5.95. The van der Waals surface area contributed by atoms with Gasteiger partial charge in [0.15, 0.2) is 0 Å². The fraction of sp³-hybridized carbons (Fsp3) is 0.389. The summed E-state index contributed by atoms with van der Waals surface area (Å²) in [6.45, 7) is 5.12. The Hall–Kier alpha value is -1.85. The predicted molar refractivity (Wildman–Crippen MR) is 92.6 cm³/mol. The summed E-state index contributed by atoms with van der Waals surface area (Å²) in [4.78, 5) is 15.5. The fourth-order valence-electron chi connectivity index (χ4n) is 2.79. The maximum atomic E-state index is 12.0. The van der Waals surface area contributed by atoms with Crippen LogP contribution in [-0.2, 0) is 17.9 Å². The highest BCUT2D eigenvalue weighted by Gasteiger charge is 2.20. The van der Waals surface area contributed by atoms with Crippen molar-refractivity contribution in [2.24, 2.45) is 0 Å². The van der Waals surface area contributed by atoms with E-state index in [1.54, 1.807) is 11.3 Å². The minimum absolute atomic E-state index is 0.101. The lowest BCUT2D eigenvalue weighted by Gasteiger charge is -2.21. The fourth-order valence-corrected chi connectivity index (χ4v) is 3.43. The van der Waals surface area contributed by atoms with Crippen LogP contribution in [0.3, 0.4) is 0 Å². The van der Waals surface area contributed by atoms with Gasteiger partial charge in [-0.05, 0) is 24.4 Å². The van der Waals surface area contributed by atoms with E-state index in [1.165, 1.54) is 10.4 Å². The summed E-state index contributed by atoms with van der Waals surface area (Å²) in [5, 5.41) is 5.01. The molecule has 3 rings (SSSR count). The van der Waals surface area contributed by atoms with Crippen molar-refractivity contribution in [3.05, 3.63) is 52.2 Å². The van der Waals surface area contributed by atoms with Gasteiger partial charge in [-0.2, -0.15) is 0 Å². The Labute approximate surface area is 141 Å². The molecular weight excluding hydrogens is 308 g/mol. The van der Waals surface area contributed by atoms with Gasteiger partial charge < -0.3 is 10.1 Å². The average molecular weight is 330 g/mol. The van der Waals surface area contributed by atoms with E-state index >= 15 is 0 Å². The molecule has 122 valence electrons. The number of amides is 1. The first kappa shape index (κ1) is 16.0. The molecule has 0 saturated carbocycles. The minimum Gasteiger partial charge on any atom is -0.489 e. The Morgan fingerprint density at radius 2 is 2.22 bits per heavy atom. The standard InChI is InChI=1S/C18H22N2O2S/c1-14-12-20(13-15-5-2-3-7-17(15)22-14)9-8-18(21)19-11-16-6-4-10-23-16/h2-7,10,14H,8-9,11-13H2,1H3,(H,19,21)/t14-/m1/s1. The second kappa shape index (κ2) is 7.62. The van der Waals surface area contributed by atoms with Crippen molar-refractivity contribution in [2.45, 2.75) is 32.5 Å². The monoisotopic (exact) mass is 330 g/mol. The SMILES string of the molecule is C[C@@H]1CN(CCC(=O)NCc2cccs2)Cc2ccccc2O1. The largest absolute Gasteiger partial charge is 0.489 e. The zero-order chi connectivity index (χ0) is 16.1. The van der Waals surface area contributed by atoms with E-state index < -0.39 is 0 Å². The van der Waals surface area contributed by atoms with E-state index in [0.29, 0.717) is 13.0 Å². The number of rotatable bonds is 5. The molecule has 1 amide bonds. The topological polar surface area (TPSA) is 41.6 Å². The molecule has 1 aromatic heterocycles. The van der Waals surface area contributed by atoms with Gasteiger partial charge in [0.25, 0.3) is 0 Å². The van der Waals surface area contributed by atoms with Crippen LogP contribution in [0.5, 0.6) is 5.75 Å². The van der Waals surface area contributed by atoms with E-state index in [2.05, 4.69) is 23.2 Å². The van der Waals surface area contributed by atoms with Crippen molar-refractivity contribution in [1.29, 1.82) is 0 Å². The third-order valence-corrected chi connectivity index (χ3v) is 4.78. The van der Waals surface area contributed by atoms with Gasteiger partial charge in [-0.25, -0.2) is 0 Å². The number of hydrogen-bond donors (Lipinski definition) is 1. The number of benzene rings is 1. The van der Waals surface area contributed by atoms with Crippen molar-refractivity contribution in [3.63, 3.8) is 0 Å². The molecule has 5 heteroatoms. The zero-order valence-corrected chi connectivity index (χ0v) is 14.1. The highest BCUT2D eigenvalue weighted by atomic mass is 32.1. The van der Waals surface area contributed by atoms with Gasteiger partial charge in [-0.1, -0.05) is 24.3 Å². The van der Waals surface area contributed by atoms with Crippen LogP contribution in [0.1, 0.15) is 23.8 Å². The second-order valence-electron chi connectivity index (χ2n) is 5.88. The van der Waals surface area contributed by atoms with Crippen molar-refractivity contribution in [3.8, 4) is 5.75 Å². The Morgan fingerprint density at radius 1 is 1.35 bits per heavy atom. The van der Waals surface area contributed by atoms with Crippen LogP contribution in [0.25, 0.3) is 0 Å². The van der Waals surface area contributed by atoms with E-state index in [0.717, 1.165) is 25.4 Å². The number of ether oxygens (including phenoxy) is 1. The molecule has 2 aromatic rings. The maximum absolute atomic E-state index is 12.0. The van der Waals surface area contributed by atoms with Crippen molar-refractivity contribution in [2.75, 3.05) is 13.1 Å². The average Bonchev–Trinajstić information content (AvgIpc) is 3.00. The van der Waals surface area contributed by atoms with Crippen LogP contribution in [0.2, 0.25) is 0 Å². The Balaban J connectivity index is 1.50. The first-order valence-corrected chi connectivity index (χ1v) is 8.84. The summed E-state index contributed by atoms with van der Waals surface area (Å²) >= 11 is 1.66. The molecule has 1 aliphatic heterocycles. The highest BCUT2D eigenvalue weighted by Crippen LogP contribution is 2.24. The Morgan fingerprint density at radius 3 is 3.04 bits per heavy atom. The second-order valence-corrected chi connectivity index (χ2v) is 6.91. The van der Waals surface area contributed by atoms with Gasteiger partial charge in [0.1, 0.15) is 11.9 Å². The molecule has 0 bridgehead atoms. The molecule has 1 aliphatic rings. The number of para-hydroxylation sites is 1. The van der Waals surface area contributed by atoms with Gasteiger partial charge >= 0.3 is 0 Å². The van der Waals surface area contributed by atoms with Crippen LogP contribution in [0.15, 0.2) is 41.8 Å². The number of carbonyl (C=O) groups excluding carboxylic acids is 1. The molecular formula is C18H22N2O2S. The van der Waals surface area contributed by atoms with Gasteiger partial charge in [-0.15, -0.1) is 11.3 Å². The molecule has 0 unspecified atom stereocenters. The Kier molecular flexibility index (Phi) is 5.31. The first-order chi connectivity index (χ1) is 11.2. The zero-order valence-electron chi connectivity index (χ0n) is 13.3. The molecule has 0 spiro atoms. The number of fused-ring (bicyclic) bond motifs is 1. The molecule has 0 fully saturated rings. The lowest BCUT2D eigenvalue weighted by molar-refractivity contribution is -0.121. The summed E-state index contributed by atoms with van der Waals surface area (Å²) in [5.74, 6) is 1.06. The van der Waals surface area contributed by atoms with Crippen LogP contribution >= 0.6 is 11.3 Å². The summed E-state index contributed by atoms with van der Waals surface area (Å²) in [6, 6.07) is 12.2. The number of thiophene rings is 1. The smallest absolute Gasteiger partial charge is 0.221 e. The quantitative estimate of drug-likeness (QED) is 0.916. The van der Waals surface area contributed by atoms with E-state index in [-0.39, 0.29) is 12.0 Å². The van der Waals surface area contributed by atoms with Crippen LogP contribution in [-0.4, -0.2) is 30.0 Å². The summed E-state index contributed by atoms with van der Waals surface area (Å²) in [7, 11) is 0. The van der Waals surface area contributed by atoms with Crippen LogP contribution in [0, 0.1) is 0 Å². The summed E-state index contributed by atoms with van der Waals surface area (Å²) in [5.41, 5.74) is 1.19.